The molecule has 0 saturated carbocycles. The number of carbonyl (C=O) groups excluding carboxylic acids is 1. The number of hydrogen-bond donors (Lipinski definition) is 2. The number of thioether (sulfide) groups is 1. The zero-order chi connectivity index (χ0) is 14.0. The first kappa shape index (κ1) is 13.8. The van der Waals surface area contributed by atoms with Crippen molar-refractivity contribution < 1.29 is 23.5 Å². The van der Waals surface area contributed by atoms with Gasteiger partial charge in [0.2, 0.25) is 5.91 Å². The molecule has 2 rings (SSSR count). The molecule has 1 fully saturated rings. The second kappa shape index (κ2) is 5.56. The number of carbonyl (C=O) groups is 2. The molecule has 1 aromatic carbocycles. The summed E-state index contributed by atoms with van der Waals surface area (Å²) in [5.74, 6) is -3.10. The molecule has 0 radical (unpaired) electrons. The van der Waals surface area contributed by atoms with Crippen molar-refractivity contribution in [3.63, 3.8) is 0 Å². The van der Waals surface area contributed by atoms with E-state index in [1.807, 2.05) is 0 Å². The largest absolute Gasteiger partial charge is 0.480 e. The van der Waals surface area contributed by atoms with Crippen molar-refractivity contribution in [3.8, 4) is 0 Å². The summed E-state index contributed by atoms with van der Waals surface area (Å²) in [6.45, 7) is 0. The van der Waals surface area contributed by atoms with E-state index >= 15 is 0 Å². The van der Waals surface area contributed by atoms with Crippen LogP contribution in [0.25, 0.3) is 0 Å². The SMILES string of the molecule is O=C(O)[C@@H]1CS[C@@H](Cc2ccc(F)c(F)c2)C(=O)N1. The smallest absolute Gasteiger partial charge is 0.327 e. The van der Waals surface area contributed by atoms with Crippen LogP contribution in [-0.2, 0) is 16.0 Å². The maximum Gasteiger partial charge on any atom is 0.327 e. The van der Waals surface area contributed by atoms with Crippen molar-refractivity contribution in [2.75, 3.05) is 5.75 Å². The van der Waals surface area contributed by atoms with Crippen LogP contribution in [0.5, 0.6) is 0 Å². The maximum atomic E-state index is 13.0. The molecule has 2 atom stereocenters. The van der Waals surface area contributed by atoms with Gasteiger partial charge in [-0.25, -0.2) is 13.6 Å². The Bertz CT molecular complexity index is 524. The van der Waals surface area contributed by atoms with E-state index in [1.54, 1.807) is 0 Å². The molecule has 1 aromatic rings. The second-order valence-electron chi connectivity index (χ2n) is 4.17. The van der Waals surface area contributed by atoms with Crippen LogP contribution in [0.3, 0.4) is 0 Å². The number of amides is 1. The van der Waals surface area contributed by atoms with Gasteiger partial charge in [0.1, 0.15) is 6.04 Å². The van der Waals surface area contributed by atoms with Crippen LogP contribution in [0.2, 0.25) is 0 Å². The van der Waals surface area contributed by atoms with Crippen molar-refractivity contribution in [1.29, 1.82) is 0 Å². The molecular formula is C12H11F2NO3S. The second-order valence-corrected chi connectivity index (χ2v) is 5.41. The molecule has 19 heavy (non-hydrogen) atoms. The molecule has 1 heterocycles. The summed E-state index contributed by atoms with van der Waals surface area (Å²) in [6.07, 6.45) is 0.236. The van der Waals surface area contributed by atoms with Crippen LogP contribution in [0.15, 0.2) is 18.2 Å². The van der Waals surface area contributed by atoms with Crippen molar-refractivity contribution in [1.82, 2.24) is 5.32 Å². The van der Waals surface area contributed by atoms with E-state index in [0.717, 1.165) is 12.1 Å². The van der Waals surface area contributed by atoms with Crippen LogP contribution in [0, 0.1) is 11.6 Å². The fraction of sp³-hybridized carbons (Fsp3) is 0.333. The van der Waals surface area contributed by atoms with Gasteiger partial charge in [0.15, 0.2) is 11.6 Å². The normalized spacial score (nSPS) is 22.9. The minimum atomic E-state index is -1.08. The highest BCUT2D eigenvalue weighted by atomic mass is 32.2. The molecule has 1 aliphatic heterocycles. The fourth-order valence-corrected chi connectivity index (χ4v) is 2.94. The third kappa shape index (κ3) is 3.23. The number of hydrogen-bond acceptors (Lipinski definition) is 3. The van der Waals surface area contributed by atoms with E-state index in [0.29, 0.717) is 5.56 Å². The number of aliphatic carboxylic acids is 1. The lowest BCUT2D eigenvalue weighted by atomic mass is 10.1. The quantitative estimate of drug-likeness (QED) is 0.876. The lowest BCUT2D eigenvalue weighted by molar-refractivity contribution is -0.141. The first-order valence-corrected chi connectivity index (χ1v) is 6.61. The Hall–Kier alpha value is -1.63. The average molecular weight is 287 g/mol. The Labute approximate surface area is 112 Å². The molecule has 1 amide bonds. The lowest BCUT2D eigenvalue weighted by Crippen LogP contribution is -2.51. The summed E-state index contributed by atoms with van der Waals surface area (Å²) in [4.78, 5) is 22.4. The Kier molecular flexibility index (Phi) is 4.04. The summed E-state index contributed by atoms with van der Waals surface area (Å²) >= 11 is 1.20. The number of carboxylic acid groups (broad SMARTS) is 1. The molecule has 0 aliphatic carbocycles. The van der Waals surface area contributed by atoms with Gasteiger partial charge in [0, 0.05) is 5.75 Å². The molecule has 0 spiro atoms. The topological polar surface area (TPSA) is 66.4 Å². The summed E-state index contributed by atoms with van der Waals surface area (Å²) in [6, 6.07) is 2.58. The molecule has 0 aromatic heterocycles. The van der Waals surface area contributed by atoms with E-state index in [-0.39, 0.29) is 12.2 Å². The monoisotopic (exact) mass is 287 g/mol. The molecular weight excluding hydrogens is 276 g/mol. The van der Waals surface area contributed by atoms with E-state index in [1.165, 1.54) is 17.8 Å². The zero-order valence-electron chi connectivity index (χ0n) is 9.73. The van der Waals surface area contributed by atoms with E-state index < -0.39 is 34.8 Å². The van der Waals surface area contributed by atoms with E-state index in [2.05, 4.69) is 5.32 Å². The summed E-state index contributed by atoms with van der Waals surface area (Å²) < 4.78 is 25.8. The van der Waals surface area contributed by atoms with Gasteiger partial charge in [-0.15, -0.1) is 11.8 Å². The summed E-state index contributed by atoms with van der Waals surface area (Å²) in [5.41, 5.74) is 0.500. The average Bonchev–Trinajstić information content (AvgIpc) is 2.36. The Morgan fingerprint density at radius 3 is 2.74 bits per heavy atom. The Morgan fingerprint density at radius 1 is 1.42 bits per heavy atom. The number of rotatable bonds is 3. The Balaban J connectivity index is 2.02. The number of carboxylic acids is 1. The molecule has 102 valence electrons. The highest BCUT2D eigenvalue weighted by Gasteiger charge is 2.32. The summed E-state index contributed by atoms with van der Waals surface area (Å²) in [5, 5.41) is 10.7. The third-order valence-electron chi connectivity index (χ3n) is 2.78. The van der Waals surface area contributed by atoms with E-state index in [4.69, 9.17) is 5.11 Å². The van der Waals surface area contributed by atoms with Crippen molar-refractivity contribution in [2.45, 2.75) is 17.7 Å². The number of halogens is 2. The molecule has 0 bridgehead atoms. The van der Waals surface area contributed by atoms with Gasteiger partial charge in [-0.3, -0.25) is 4.79 Å². The van der Waals surface area contributed by atoms with Gasteiger partial charge in [0.05, 0.1) is 5.25 Å². The first-order valence-electron chi connectivity index (χ1n) is 5.56. The standard InChI is InChI=1S/C12H11F2NO3S/c13-7-2-1-6(3-8(7)14)4-10-11(16)15-9(5-19-10)12(17)18/h1-3,9-10H,4-5H2,(H,15,16)(H,17,18)/t9-,10-/m0/s1. The minimum Gasteiger partial charge on any atom is -0.480 e. The minimum absolute atomic E-state index is 0.236. The van der Waals surface area contributed by atoms with Crippen molar-refractivity contribution in [3.05, 3.63) is 35.4 Å². The van der Waals surface area contributed by atoms with Gasteiger partial charge < -0.3 is 10.4 Å². The van der Waals surface area contributed by atoms with Gasteiger partial charge >= 0.3 is 5.97 Å². The first-order chi connectivity index (χ1) is 8.97. The Morgan fingerprint density at radius 2 is 2.16 bits per heavy atom. The summed E-state index contributed by atoms with van der Waals surface area (Å²) in [7, 11) is 0. The van der Waals surface area contributed by atoms with Gasteiger partial charge in [-0.2, -0.15) is 0 Å². The molecule has 4 nitrogen and oxygen atoms in total. The predicted octanol–water partition coefficient (Wildman–Crippen LogP) is 1.19. The van der Waals surface area contributed by atoms with Crippen LogP contribution in [-0.4, -0.2) is 34.0 Å². The molecule has 0 unspecified atom stereocenters. The lowest BCUT2D eigenvalue weighted by Gasteiger charge is -2.26. The maximum absolute atomic E-state index is 13.0. The number of benzene rings is 1. The highest BCUT2D eigenvalue weighted by molar-refractivity contribution is 8.00. The molecule has 2 N–H and O–H groups in total. The third-order valence-corrected chi connectivity index (χ3v) is 4.09. The van der Waals surface area contributed by atoms with E-state index in [9.17, 15) is 18.4 Å². The van der Waals surface area contributed by atoms with Crippen molar-refractivity contribution in [2.24, 2.45) is 0 Å². The molecule has 1 aliphatic rings. The van der Waals surface area contributed by atoms with Gasteiger partial charge in [-0.05, 0) is 24.1 Å². The van der Waals surface area contributed by atoms with Crippen LogP contribution in [0.1, 0.15) is 5.56 Å². The number of nitrogens with one attached hydrogen (secondary N) is 1. The van der Waals surface area contributed by atoms with Gasteiger partial charge in [-0.1, -0.05) is 6.07 Å². The predicted molar refractivity (Wildman–Crippen MR) is 65.9 cm³/mol. The van der Waals surface area contributed by atoms with Crippen LogP contribution < -0.4 is 5.32 Å². The van der Waals surface area contributed by atoms with Crippen LogP contribution in [0.4, 0.5) is 8.78 Å². The molecule has 1 saturated heterocycles. The zero-order valence-corrected chi connectivity index (χ0v) is 10.5. The van der Waals surface area contributed by atoms with Gasteiger partial charge in [0.25, 0.3) is 0 Å². The van der Waals surface area contributed by atoms with Crippen LogP contribution >= 0.6 is 11.8 Å². The van der Waals surface area contributed by atoms with Crippen molar-refractivity contribution >= 4 is 23.6 Å². The fourth-order valence-electron chi connectivity index (χ4n) is 1.76. The molecule has 7 heteroatoms. The highest BCUT2D eigenvalue weighted by Crippen LogP contribution is 2.22.